The molecule has 5 aromatic rings. The van der Waals surface area contributed by atoms with Crippen molar-refractivity contribution in [1.29, 1.82) is 0 Å². The van der Waals surface area contributed by atoms with Crippen molar-refractivity contribution in [3.05, 3.63) is 84.8 Å². The standard InChI is InChI=1S/C23H16FN3O2/c1-28-19-9-2-15(3-10-19)23-20-14-16(4-11-21(20)26-29-23)22-12-13-25-27(22)18-7-5-17(24)6-8-18/h2-14H,1H3. The Morgan fingerprint density at radius 1 is 0.897 bits per heavy atom. The van der Waals surface area contributed by atoms with E-state index < -0.39 is 0 Å². The minimum absolute atomic E-state index is 0.280. The highest BCUT2D eigenvalue weighted by Crippen LogP contribution is 2.33. The van der Waals surface area contributed by atoms with E-state index in [0.717, 1.165) is 39.2 Å². The van der Waals surface area contributed by atoms with Gasteiger partial charge in [0.15, 0.2) is 5.76 Å². The first kappa shape index (κ1) is 17.2. The summed E-state index contributed by atoms with van der Waals surface area (Å²) in [6.07, 6.45) is 1.72. The van der Waals surface area contributed by atoms with Gasteiger partial charge in [-0.25, -0.2) is 9.07 Å². The first-order valence-corrected chi connectivity index (χ1v) is 9.07. The third-order valence-corrected chi connectivity index (χ3v) is 4.84. The molecule has 0 N–H and O–H groups in total. The summed E-state index contributed by atoms with van der Waals surface area (Å²) in [7, 11) is 1.63. The van der Waals surface area contributed by atoms with Crippen molar-refractivity contribution in [2.75, 3.05) is 7.11 Å². The van der Waals surface area contributed by atoms with Crippen LogP contribution >= 0.6 is 0 Å². The summed E-state index contributed by atoms with van der Waals surface area (Å²) in [6, 6.07) is 21.7. The van der Waals surface area contributed by atoms with E-state index in [2.05, 4.69) is 10.3 Å². The van der Waals surface area contributed by atoms with Crippen LogP contribution in [0.1, 0.15) is 0 Å². The summed E-state index contributed by atoms with van der Waals surface area (Å²) in [5.41, 5.74) is 4.31. The zero-order valence-corrected chi connectivity index (χ0v) is 15.5. The second-order valence-corrected chi connectivity index (χ2v) is 6.58. The van der Waals surface area contributed by atoms with Gasteiger partial charge in [-0.15, -0.1) is 0 Å². The maximum atomic E-state index is 13.3. The molecule has 0 saturated heterocycles. The Kier molecular flexibility index (Phi) is 4.09. The van der Waals surface area contributed by atoms with Crippen LogP contribution in [0.3, 0.4) is 0 Å². The van der Waals surface area contributed by atoms with Crippen molar-refractivity contribution < 1.29 is 13.7 Å². The minimum atomic E-state index is -0.280. The first-order valence-electron chi connectivity index (χ1n) is 9.07. The van der Waals surface area contributed by atoms with E-state index in [-0.39, 0.29) is 5.82 Å². The van der Waals surface area contributed by atoms with E-state index in [4.69, 9.17) is 9.26 Å². The first-order chi connectivity index (χ1) is 14.2. The molecular weight excluding hydrogens is 369 g/mol. The molecule has 0 bridgehead atoms. The quantitative estimate of drug-likeness (QED) is 0.410. The van der Waals surface area contributed by atoms with Crippen molar-refractivity contribution in [3.63, 3.8) is 0 Å². The number of hydrogen-bond acceptors (Lipinski definition) is 4. The molecule has 5 nitrogen and oxygen atoms in total. The Bertz CT molecular complexity index is 1290. The van der Waals surface area contributed by atoms with Gasteiger partial charge >= 0.3 is 0 Å². The maximum Gasteiger partial charge on any atom is 0.174 e. The number of hydrogen-bond donors (Lipinski definition) is 0. The van der Waals surface area contributed by atoms with Crippen LogP contribution in [0.2, 0.25) is 0 Å². The normalized spacial score (nSPS) is 11.1. The molecule has 6 heteroatoms. The van der Waals surface area contributed by atoms with Crippen molar-refractivity contribution in [2.24, 2.45) is 0 Å². The lowest BCUT2D eigenvalue weighted by Gasteiger charge is -2.08. The molecule has 0 aliphatic heterocycles. The number of aromatic nitrogens is 3. The van der Waals surface area contributed by atoms with Gasteiger partial charge in [-0.3, -0.25) is 0 Å². The fraction of sp³-hybridized carbons (Fsp3) is 0.0435. The summed E-state index contributed by atoms with van der Waals surface area (Å²) in [4.78, 5) is 0. The number of rotatable bonds is 4. The second kappa shape index (κ2) is 6.91. The van der Waals surface area contributed by atoms with Crippen LogP contribution in [-0.2, 0) is 0 Å². The van der Waals surface area contributed by atoms with Crippen molar-refractivity contribution in [1.82, 2.24) is 14.9 Å². The van der Waals surface area contributed by atoms with Gasteiger partial charge in [0.2, 0.25) is 0 Å². The molecule has 2 aromatic heterocycles. The van der Waals surface area contributed by atoms with E-state index in [9.17, 15) is 4.39 Å². The van der Waals surface area contributed by atoms with Crippen LogP contribution < -0.4 is 4.74 Å². The van der Waals surface area contributed by atoms with Gasteiger partial charge in [0.1, 0.15) is 17.1 Å². The summed E-state index contributed by atoms with van der Waals surface area (Å²) >= 11 is 0. The third kappa shape index (κ3) is 3.04. The minimum Gasteiger partial charge on any atom is -0.497 e. The number of methoxy groups -OCH3 is 1. The lowest BCUT2D eigenvalue weighted by atomic mass is 10.0. The van der Waals surface area contributed by atoms with Gasteiger partial charge < -0.3 is 9.26 Å². The van der Waals surface area contributed by atoms with Gasteiger partial charge in [-0.2, -0.15) is 5.10 Å². The fourth-order valence-electron chi connectivity index (χ4n) is 3.36. The highest BCUT2D eigenvalue weighted by atomic mass is 19.1. The van der Waals surface area contributed by atoms with E-state index in [1.807, 2.05) is 48.5 Å². The molecular formula is C23H16FN3O2. The van der Waals surface area contributed by atoms with Crippen LogP contribution in [0.4, 0.5) is 4.39 Å². The van der Waals surface area contributed by atoms with Gasteiger partial charge in [-0.1, -0.05) is 11.2 Å². The van der Waals surface area contributed by atoms with E-state index in [1.54, 1.807) is 30.1 Å². The third-order valence-electron chi connectivity index (χ3n) is 4.84. The average molecular weight is 385 g/mol. The number of halogens is 1. The molecule has 0 atom stereocenters. The zero-order valence-electron chi connectivity index (χ0n) is 15.5. The fourth-order valence-corrected chi connectivity index (χ4v) is 3.36. The van der Waals surface area contributed by atoms with Crippen molar-refractivity contribution in [3.8, 4) is 34.0 Å². The number of ether oxygens (including phenoxy) is 1. The van der Waals surface area contributed by atoms with Crippen LogP contribution in [0, 0.1) is 5.82 Å². The van der Waals surface area contributed by atoms with Gasteiger partial charge in [0.05, 0.1) is 30.1 Å². The monoisotopic (exact) mass is 385 g/mol. The van der Waals surface area contributed by atoms with Crippen molar-refractivity contribution >= 4 is 10.9 Å². The van der Waals surface area contributed by atoms with E-state index >= 15 is 0 Å². The highest BCUT2D eigenvalue weighted by molar-refractivity contribution is 5.94. The summed E-state index contributed by atoms with van der Waals surface area (Å²) in [5, 5.41) is 9.48. The van der Waals surface area contributed by atoms with E-state index in [1.165, 1.54) is 12.1 Å². The molecule has 2 heterocycles. The number of fused-ring (bicyclic) bond motifs is 1. The van der Waals surface area contributed by atoms with Crippen LogP contribution in [0.25, 0.3) is 39.2 Å². The molecule has 0 radical (unpaired) electrons. The number of nitrogens with zero attached hydrogens (tertiary/aromatic N) is 3. The molecule has 3 aromatic carbocycles. The molecule has 0 spiro atoms. The summed E-state index contributed by atoms with van der Waals surface area (Å²) in [6.45, 7) is 0. The summed E-state index contributed by atoms with van der Waals surface area (Å²) in [5.74, 6) is 1.19. The molecule has 29 heavy (non-hydrogen) atoms. The molecule has 142 valence electrons. The van der Waals surface area contributed by atoms with E-state index in [0.29, 0.717) is 5.76 Å². The maximum absolute atomic E-state index is 13.3. The molecule has 0 aliphatic carbocycles. The SMILES string of the molecule is COc1ccc(-c2onc3ccc(-c4ccnn4-c4ccc(F)cc4)cc23)cc1. The van der Waals surface area contributed by atoms with Crippen molar-refractivity contribution in [2.45, 2.75) is 0 Å². The molecule has 0 fully saturated rings. The predicted octanol–water partition coefficient (Wildman–Crippen LogP) is 5.50. The lowest BCUT2D eigenvalue weighted by molar-refractivity contribution is 0.414. The lowest BCUT2D eigenvalue weighted by Crippen LogP contribution is -1.98. The summed E-state index contributed by atoms with van der Waals surface area (Å²) < 4.78 is 25.9. The van der Waals surface area contributed by atoms with Crippen LogP contribution in [0.15, 0.2) is 83.5 Å². The second-order valence-electron chi connectivity index (χ2n) is 6.58. The zero-order chi connectivity index (χ0) is 19.8. The molecule has 0 aliphatic rings. The largest absolute Gasteiger partial charge is 0.497 e. The van der Waals surface area contributed by atoms with Gasteiger partial charge in [0, 0.05) is 11.1 Å². The van der Waals surface area contributed by atoms with Gasteiger partial charge in [-0.05, 0) is 66.7 Å². The predicted molar refractivity (Wildman–Crippen MR) is 109 cm³/mol. The Hall–Kier alpha value is -3.93. The van der Waals surface area contributed by atoms with Crippen LogP contribution in [0.5, 0.6) is 5.75 Å². The average Bonchev–Trinajstić information content (AvgIpc) is 3.41. The Morgan fingerprint density at radius 3 is 2.41 bits per heavy atom. The Labute approximate surface area is 166 Å². The topological polar surface area (TPSA) is 53.1 Å². The highest BCUT2D eigenvalue weighted by Gasteiger charge is 2.14. The van der Waals surface area contributed by atoms with Gasteiger partial charge in [0.25, 0.3) is 0 Å². The smallest absolute Gasteiger partial charge is 0.174 e. The Morgan fingerprint density at radius 2 is 1.66 bits per heavy atom. The van der Waals surface area contributed by atoms with Crippen LogP contribution in [-0.4, -0.2) is 22.0 Å². The molecule has 0 amide bonds. The number of benzene rings is 3. The molecule has 0 saturated carbocycles. The molecule has 0 unspecified atom stereocenters. The molecule has 5 rings (SSSR count). The Balaban J connectivity index is 1.61.